The molecule has 1 aromatic carbocycles. The van der Waals surface area contributed by atoms with E-state index in [1.807, 2.05) is 13.0 Å². The predicted octanol–water partition coefficient (Wildman–Crippen LogP) is 2.34. The quantitative estimate of drug-likeness (QED) is 0.388. The first-order valence-electron chi connectivity index (χ1n) is 8.87. The van der Waals surface area contributed by atoms with E-state index in [1.54, 1.807) is 43.6 Å². The fraction of sp³-hybridized carbons (Fsp3) is 0.200. The summed E-state index contributed by atoms with van der Waals surface area (Å²) in [6.07, 6.45) is 5.25. The first-order valence-corrected chi connectivity index (χ1v) is 10.4. The molecule has 0 radical (unpaired) electrons. The second kappa shape index (κ2) is 8.56. The third-order valence-electron chi connectivity index (χ3n) is 4.44. The molecule has 9 heteroatoms. The van der Waals surface area contributed by atoms with Gasteiger partial charge in [0.05, 0.1) is 16.8 Å². The van der Waals surface area contributed by atoms with Crippen molar-refractivity contribution in [3.63, 3.8) is 0 Å². The molecule has 2 aromatic heterocycles. The van der Waals surface area contributed by atoms with Crippen molar-refractivity contribution in [2.45, 2.75) is 29.5 Å². The number of nitrogens with zero attached hydrogens (tertiary/aromatic N) is 3. The van der Waals surface area contributed by atoms with Gasteiger partial charge in [-0.1, -0.05) is 12.1 Å². The Kier molecular flexibility index (Phi) is 6.12. The molecule has 0 amide bonds. The van der Waals surface area contributed by atoms with Crippen LogP contribution in [0.3, 0.4) is 0 Å². The monoisotopic (exact) mass is 413 g/mol. The molecule has 1 unspecified atom stereocenters. The zero-order chi connectivity index (χ0) is 21.0. The van der Waals surface area contributed by atoms with Gasteiger partial charge >= 0.3 is 0 Å². The Labute approximate surface area is 169 Å². The Bertz CT molecular complexity index is 1130. The third-order valence-corrected chi connectivity index (χ3v) is 6.17. The van der Waals surface area contributed by atoms with E-state index in [2.05, 4.69) is 27.1 Å². The van der Waals surface area contributed by atoms with Crippen LogP contribution in [-0.4, -0.2) is 35.0 Å². The lowest BCUT2D eigenvalue weighted by atomic mass is 10.2. The van der Waals surface area contributed by atoms with Crippen molar-refractivity contribution in [3.05, 3.63) is 71.4 Å². The van der Waals surface area contributed by atoms with Gasteiger partial charge in [0.15, 0.2) is 0 Å². The number of benzene rings is 1. The van der Waals surface area contributed by atoms with Gasteiger partial charge in [0, 0.05) is 31.7 Å². The van der Waals surface area contributed by atoms with Gasteiger partial charge in [0.25, 0.3) is 0 Å². The van der Waals surface area contributed by atoms with E-state index in [4.69, 9.17) is 0 Å². The molecule has 0 saturated heterocycles. The number of aliphatic hydroxyl groups excluding tert-OH is 1. The molecule has 3 aromatic rings. The molecule has 3 rings (SSSR count). The number of nitrogens with one attached hydrogen (secondary N) is 2. The van der Waals surface area contributed by atoms with Crippen molar-refractivity contribution in [1.29, 1.82) is 0 Å². The van der Waals surface area contributed by atoms with E-state index >= 15 is 0 Å². The third kappa shape index (κ3) is 4.70. The van der Waals surface area contributed by atoms with Crippen LogP contribution in [0.5, 0.6) is 0 Å². The molecule has 152 valence electrons. The van der Waals surface area contributed by atoms with Crippen LogP contribution in [-0.2, 0) is 23.4 Å². The summed E-state index contributed by atoms with van der Waals surface area (Å²) in [4.78, 5) is 7.15. The van der Waals surface area contributed by atoms with Crippen LogP contribution in [0.2, 0.25) is 0 Å². The van der Waals surface area contributed by atoms with E-state index < -0.39 is 16.1 Å². The van der Waals surface area contributed by atoms with Gasteiger partial charge in [-0.2, -0.15) is 5.10 Å². The lowest BCUT2D eigenvalue weighted by Crippen LogP contribution is -2.20. The van der Waals surface area contributed by atoms with Gasteiger partial charge in [-0.25, -0.2) is 8.42 Å². The fourth-order valence-corrected chi connectivity index (χ4v) is 4.08. The van der Waals surface area contributed by atoms with Crippen LogP contribution in [0.15, 0.2) is 63.7 Å². The minimum Gasteiger partial charge on any atom is -0.373 e. The molecular formula is C20H23N5O3S. The van der Waals surface area contributed by atoms with E-state index in [1.165, 1.54) is 17.1 Å². The summed E-state index contributed by atoms with van der Waals surface area (Å²) in [7, 11) is -1.93. The average molecular weight is 414 g/mol. The van der Waals surface area contributed by atoms with Crippen LogP contribution in [0.1, 0.15) is 28.7 Å². The molecule has 3 N–H and O–H groups in total. The second-order valence-electron chi connectivity index (χ2n) is 6.60. The number of hydrogen-bond acceptors (Lipinski definition) is 6. The fourth-order valence-electron chi connectivity index (χ4n) is 2.83. The highest BCUT2D eigenvalue weighted by Crippen LogP contribution is 2.21. The molecular weight excluding hydrogens is 390 g/mol. The molecule has 0 aliphatic carbocycles. The van der Waals surface area contributed by atoms with E-state index in [0.29, 0.717) is 12.2 Å². The molecule has 8 nitrogen and oxygen atoms in total. The summed E-state index contributed by atoms with van der Waals surface area (Å²) in [5, 5.41) is 17.3. The predicted molar refractivity (Wildman–Crippen MR) is 111 cm³/mol. The Morgan fingerprint density at radius 2 is 2.07 bits per heavy atom. The largest absolute Gasteiger partial charge is 0.373 e. The number of aryl methyl sites for hydroxylation is 2. The summed E-state index contributed by atoms with van der Waals surface area (Å²) in [6.45, 7) is 5.69. The van der Waals surface area contributed by atoms with Crippen LogP contribution < -0.4 is 5.32 Å². The van der Waals surface area contributed by atoms with Crippen molar-refractivity contribution in [1.82, 2.24) is 20.1 Å². The summed E-state index contributed by atoms with van der Waals surface area (Å²) in [6, 6.07) is 8.38. The SMILES string of the molecule is C=N/C=C\c1[nH]c(C(O)NCc2ccc(S(=O)(=O)c3cnn(C)c3)cc2)cc1C. The Balaban J connectivity index is 1.66. The lowest BCUT2D eigenvalue weighted by molar-refractivity contribution is 0.133. The first kappa shape index (κ1) is 20.7. The molecule has 0 bridgehead atoms. The highest BCUT2D eigenvalue weighted by atomic mass is 32.2. The highest BCUT2D eigenvalue weighted by molar-refractivity contribution is 7.91. The van der Waals surface area contributed by atoms with Gasteiger partial charge in [0.2, 0.25) is 9.84 Å². The van der Waals surface area contributed by atoms with Crippen LogP contribution in [0.4, 0.5) is 0 Å². The number of aromatic nitrogens is 3. The maximum absolute atomic E-state index is 12.6. The summed E-state index contributed by atoms with van der Waals surface area (Å²) < 4.78 is 26.6. The average Bonchev–Trinajstić information content (AvgIpc) is 3.31. The summed E-state index contributed by atoms with van der Waals surface area (Å²) >= 11 is 0. The van der Waals surface area contributed by atoms with Crippen LogP contribution in [0.25, 0.3) is 6.08 Å². The molecule has 2 heterocycles. The molecule has 0 spiro atoms. The molecule has 29 heavy (non-hydrogen) atoms. The number of aliphatic imine (C=N–C) groups is 1. The summed E-state index contributed by atoms with van der Waals surface area (Å²) in [5.41, 5.74) is 3.29. The number of hydrogen-bond donors (Lipinski definition) is 3. The molecule has 0 saturated carbocycles. The number of sulfone groups is 1. The molecule has 0 aliphatic rings. The standard InChI is InChI=1S/C20H23N5O3S/c1-14-10-19(24-18(14)8-9-21-2)20(26)22-11-15-4-6-16(7-5-15)29(27,28)17-12-23-25(3)13-17/h4-10,12-13,20,22,24,26H,2,11H2,1,3H3/b9-8-. The number of rotatable bonds is 8. The van der Waals surface area contributed by atoms with Crippen molar-refractivity contribution in [2.75, 3.05) is 0 Å². The number of H-pyrrole nitrogens is 1. The van der Waals surface area contributed by atoms with Crippen molar-refractivity contribution in [2.24, 2.45) is 12.0 Å². The zero-order valence-corrected chi connectivity index (χ0v) is 17.0. The molecule has 0 fully saturated rings. The topological polar surface area (TPSA) is 112 Å². The lowest BCUT2D eigenvalue weighted by Gasteiger charge is -2.12. The minimum atomic E-state index is -3.60. The van der Waals surface area contributed by atoms with Crippen LogP contribution in [0, 0.1) is 6.92 Å². The van der Waals surface area contributed by atoms with E-state index in [-0.39, 0.29) is 9.79 Å². The second-order valence-corrected chi connectivity index (χ2v) is 8.55. The summed E-state index contributed by atoms with van der Waals surface area (Å²) in [5.74, 6) is 0. The van der Waals surface area contributed by atoms with Gasteiger partial charge in [0.1, 0.15) is 11.1 Å². The van der Waals surface area contributed by atoms with E-state index in [0.717, 1.165) is 16.8 Å². The maximum Gasteiger partial charge on any atom is 0.209 e. The molecule has 1 atom stereocenters. The van der Waals surface area contributed by atoms with Crippen molar-refractivity contribution in [3.8, 4) is 0 Å². The van der Waals surface area contributed by atoms with Crippen molar-refractivity contribution < 1.29 is 13.5 Å². The van der Waals surface area contributed by atoms with Gasteiger partial charge < -0.3 is 10.1 Å². The normalized spacial score (nSPS) is 13.1. The highest BCUT2D eigenvalue weighted by Gasteiger charge is 2.19. The number of aliphatic hydroxyl groups is 1. The Hall–Kier alpha value is -3.01. The van der Waals surface area contributed by atoms with Gasteiger partial charge in [-0.05, 0) is 49.0 Å². The Morgan fingerprint density at radius 1 is 1.34 bits per heavy atom. The minimum absolute atomic E-state index is 0.153. The first-order chi connectivity index (χ1) is 13.8. The Morgan fingerprint density at radius 3 is 2.69 bits per heavy atom. The smallest absolute Gasteiger partial charge is 0.209 e. The van der Waals surface area contributed by atoms with Gasteiger partial charge in [-0.15, -0.1) is 0 Å². The zero-order valence-electron chi connectivity index (χ0n) is 16.2. The van der Waals surface area contributed by atoms with E-state index in [9.17, 15) is 13.5 Å². The van der Waals surface area contributed by atoms with Crippen LogP contribution >= 0.6 is 0 Å². The van der Waals surface area contributed by atoms with Crippen molar-refractivity contribution >= 4 is 22.6 Å². The number of aromatic amines is 1. The molecule has 0 aliphatic heterocycles. The maximum atomic E-state index is 12.6. The van der Waals surface area contributed by atoms with Gasteiger partial charge in [-0.3, -0.25) is 15.0 Å².